The standard InChI is InChI=1S/C12H11F3N2S2/c13-12(14,15)19-6-5-17-4-3-8-7-9(11(16)18)1-2-10(8)17/h1-4,7H,5-6H2,(H2,16,18). The number of hydrogen-bond acceptors (Lipinski definition) is 2. The van der Waals surface area contributed by atoms with Gasteiger partial charge in [0, 0.05) is 35.0 Å². The summed E-state index contributed by atoms with van der Waals surface area (Å²) in [5, 5.41) is 0.919. The number of alkyl halides is 3. The number of thioether (sulfide) groups is 1. The molecule has 0 aliphatic heterocycles. The van der Waals surface area contributed by atoms with E-state index in [2.05, 4.69) is 0 Å². The molecule has 1 heterocycles. The van der Waals surface area contributed by atoms with Gasteiger partial charge in [-0.25, -0.2) is 0 Å². The van der Waals surface area contributed by atoms with Gasteiger partial charge in [0.15, 0.2) is 0 Å². The average Bonchev–Trinajstić information content (AvgIpc) is 2.70. The Labute approximate surface area is 117 Å². The van der Waals surface area contributed by atoms with Gasteiger partial charge in [-0.1, -0.05) is 12.2 Å². The van der Waals surface area contributed by atoms with Crippen LogP contribution in [-0.4, -0.2) is 20.8 Å². The summed E-state index contributed by atoms with van der Waals surface area (Å²) in [5.74, 6) is -0.00959. The van der Waals surface area contributed by atoms with Crippen molar-refractivity contribution in [1.29, 1.82) is 0 Å². The molecule has 0 aliphatic carbocycles. The highest BCUT2D eigenvalue weighted by Gasteiger charge is 2.27. The number of fused-ring (bicyclic) bond motifs is 1. The van der Waals surface area contributed by atoms with Gasteiger partial charge in [-0.15, -0.1) is 0 Å². The smallest absolute Gasteiger partial charge is 0.389 e. The minimum absolute atomic E-state index is 0.00959. The first kappa shape index (κ1) is 14.2. The summed E-state index contributed by atoms with van der Waals surface area (Å²) in [7, 11) is 0. The van der Waals surface area contributed by atoms with E-state index in [0.717, 1.165) is 16.5 Å². The molecule has 2 nitrogen and oxygen atoms in total. The molecule has 0 aliphatic rings. The number of thiocarbonyl (C=S) groups is 1. The number of nitrogens with two attached hydrogens (primary N) is 1. The monoisotopic (exact) mass is 304 g/mol. The number of rotatable bonds is 4. The fourth-order valence-corrected chi connectivity index (χ4v) is 2.45. The normalized spacial score (nSPS) is 11.9. The molecule has 0 bridgehead atoms. The first-order valence-electron chi connectivity index (χ1n) is 5.46. The van der Waals surface area contributed by atoms with Gasteiger partial charge in [-0.3, -0.25) is 0 Å². The Kier molecular flexibility index (Phi) is 4.05. The number of aromatic nitrogens is 1. The molecule has 0 saturated heterocycles. The van der Waals surface area contributed by atoms with E-state index in [1.165, 1.54) is 0 Å². The van der Waals surface area contributed by atoms with Gasteiger partial charge in [0.2, 0.25) is 0 Å². The van der Waals surface area contributed by atoms with Crippen LogP contribution in [0.25, 0.3) is 10.9 Å². The minimum atomic E-state index is -4.18. The van der Waals surface area contributed by atoms with E-state index in [0.29, 0.717) is 11.5 Å². The van der Waals surface area contributed by atoms with Crippen LogP contribution in [0.5, 0.6) is 0 Å². The van der Waals surface area contributed by atoms with Gasteiger partial charge in [0.1, 0.15) is 4.99 Å². The zero-order valence-corrected chi connectivity index (χ0v) is 11.4. The van der Waals surface area contributed by atoms with Gasteiger partial charge in [-0.05, 0) is 36.0 Å². The lowest BCUT2D eigenvalue weighted by atomic mass is 10.1. The van der Waals surface area contributed by atoms with E-state index >= 15 is 0 Å². The summed E-state index contributed by atoms with van der Waals surface area (Å²) >= 11 is 4.87. The van der Waals surface area contributed by atoms with Gasteiger partial charge in [0.25, 0.3) is 0 Å². The largest absolute Gasteiger partial charge is 0.441 e. The molecule has 2 rings (SSSR count). The third-order valence-electron chi connectivity index (χ3n) is 2.65. The highest BCUT2D eigenvalue weighted by Crippen LogP contribution is 2.30. The van der Waals surface area contributed by atoms with Crippen LogP contribution < -0.4 is 5.73 Å². The van der Waals surface area contributed by atoms with E-state index in [1.54, 1.807) is 16.8 Å². The van der Waals surface area contributed by atoms with Crippen molar-refractivity contribution in [2.75, 3.05) is 5.75 Å². The summed E-state index contributed by atoms with van der Waals surface area (Å²) in [5.41, 5.74) is 2.99. The zero-order valence-electron chi connectivity index (χ0n) is 9.78. The molecule has 0 atom stereocenters. The predicted molar refractivity (Wildman–Crippen MR) is 76.3 cm³/mol. The average molecular weight is 304 g/mol. The van der Waals surface area contributed by atoms with E-state index < -0.39 is 5.51 Å². The second kappa shape index (κ2) is 5.42. The quantitative estimate of drug-likeness (QED) is 0.877. The molecule has 2 N–H and O–H groups in total. The topological polar surface area (TPSA) is 30.9 Å². The van der Waals surface area contributed by atoms with Crippen molar-refractivity contribution in [3.05, 3.63) is 36.0 Å². The van der Waals surface area contributed by atoms with Crippen LogP contribution in [0.4, 0.5) is 13.2 Å². The molecule has 0 amide bonds. The number of halogens is 3. The van der Waals surface area contributed by atoms with Crippen LogP contribution in [0.15, 0.2) is 30.5 Å². The maximum atomic E-state index is 12.1. The molecule has 1 aromatic heterocycles. The zero-order chi connectivity index (χ0) is 14.0. The maximum absolute atomic E-state index is 12.1. The van der Waals surface area contributed by atoms with Gasteiger partial charge in [-0.2, -0.15) is 13.2 Å². The number of nitrogens with zero attached hydrogens (tertiary/aromatic N) is 1. The molecule has 19 heavy (non-hydrogen) atoms. The van der Waals surface area contributed by atoms with Crippen molar-refractivity contribution in [3.8, 4) is 0 Å². The predicted octanol–water partition coefficient (Wildman–Crippen LogP) is 3.53. The van der Waals surface area contributed by atoms with Crippen LogP contribution in [0.1, 0.15) is 5.56 Å². The summed E-state index contributed by atoms with van der Waals surface area (Å²) in [6.45, 7) is 0.306. The lowest BCUT2D eigenvalue weighted by Gasteiger charge is -2.08. The fraction of sp³-hybridized carbons (Fsp3) is 0.250. The Morgan fingerprint density at radius 2 is 2.05 bits per heavy atom. The van der Waals surface area contributed by atoms with Crippen molar-refractivity contribution in [3.63, 3.8) is 0 Å². The van der Waals surface area contributed by atoms with E-state index in [1.807, 2.05) is 18.2 Å². The molecule has 1 aromatic carbocycles. The van der Waals surface area contributed by atoms with E-state index in [9.17, 15) is 13.2 Å². The number of aryl methyl sites for hydroxylation is 1. The third-order valence-corrected chi connectivity index (χ3v) is 3.60. The lowest BCUT2D eigenvalue weighted by molar-refractivity contribution is -0.0328. The molecule has 102 valence electrons. The molecular formula is C12H11F3N2S2. The molecule has 0 saturated carbocycles. The summed E-state index contributed by atoms with van der Waals surface area (Å²) in [6.07, 6.45) is 1.77. The highest BCUT2D eigenvalue weighted by molar-refractivity contribution is 8.00. The van der Waals surface area contributed by atoms with Gasteiger partial charge >= 0.3 is 5.51 Å². The van der Waals surface area contributed by atoms with Crippen LogP contribution in [0.2, 0.25) is 0 Å². The Hall–Kier alpha value is -1.21. The number of hydrogen-bond donors (Lipinski definition) is 1. The summed E-state index contributed by atoms with van der Waals surface area (Å²) in [4.78, 5) is 0.308. The summed E-state index contributed by atoms with van der Waals surface area (Å²) in [6, 6.07) is 7.28. The Bertz CT molecular complexity index is 605. The Balaban J connectivity index is 2.15. The van der Waals surface area contributed by atoms with Crippen LogP contribution >= 0.6 is 24.0 Å². The molecule has 0 fully saturated rings. The molecular weight excluding hydrogens is 293 g/mol. The first-order valence-corrected chi connectivity index (χ1v) is 6.85. The van der Waals surface area contributed by atoms with Crippen LogP contribution in [0.3, 0.4) is 0 Å². The minimum Gasteiger partial charge on any atom is -0.389 e. The van der Waals surface area contributed by atoms with E-state index in [-0.39, 0.29) is 17.5 Å². The molecule has 0 spiro atoms. The van der Waals surface area contributed by atoms with Crippen molar-refractivity contribution in [1.82, 2.24) is 4.57 Å². The van der Waals surface area contributed by atoms with Crippen molar-refractivity contribution >= 4 is 39.9 Å². The molecule has 2 aromatic rings. The van der Waals surface area contributed by atoms with Gasteiger partial charge < -0.3 is 10.3 Å². The molecule has 0 unspecified atom stereocenters. The lowest BCUT2D eigenvalue weighted by Crippen LogP contribution is -2.09. The van der Waals surface area contributed by atoms with Crippen molar-refractivity contribution in [2.45, 2.75) is 12.1 Å². The van der Waals surface area contributed by atoms with Crippen LogP contribution in [-0.2, 0) is 6.54 Å². The third kappa shape index (κ3) is 3.63. The first-order chi connectivity index (χ1) is 8.87. The SMILES string of the molecule is NC(=S)c1ccc2c(ccn2CCSC(F)(F)F)c1. The van der Waals surface area contributed by atoms with Gasteiger partial charge in [0.05, 0.1) is 0 Å². The highest BCUT2D eigenvalue weighted by atomic mass is 32.2. The Morgan fingerprint density at radius 1 is 1.32 bits per heavy atom. The van der Waals surface area contributed by atoms with Crippen molar-refractivity contribution < 1.29 is 13.2 Å². The van der Waals surface area contributed by atoms with Crippen molar-refractivity contribution in [2.24, 2.45) is 5.73 Å². The second-order valence-electron chi connectivity index (χ2n) is 3.94. The van der Waals surface area contributed by atoms with Crippen LogP contribution in [0, 0.1) is 0 Å². The molecule has 0 radical (unpaired) electrons. The Morgan fingerprint density at radius 3 is 2.68 bits per heavy atom. The maximum Gasteiger partial charge on any atom is 0.441 e. The number of benzene rings is 1. The molecule has 7 heteroatoms. The fourth-order valence-electron chi connectivity index (χ4n) is 1.81. The van der Waals surface area contributed by atoms with E-state index in [4.69, 9.17) is 18.0 Å². The summed E-state index contributed by atoms with van der Waals surface area (Å²) < 4.78 is 38.0. The second-order valence-corrected chi connectivity index (χ2v) is 5.54.